The lowest BCUT2D eigenvalue weighted by Crippen LogP contribution is -2.65. The molecule has 5 aliphatic heterocycles. The first-order chi connectivity index (χ1) is 32.8. The molecule has 5 fully saturated rings. The molecule has 1 unspecified atom stereocenters. The second-order valence-corrected chi connectivity index (χ2v) is 19.4. The number of fused-ring (bicyclic) bond motifs is 2. The number of imide groups is 1. The van der Waals surface area contributed by atoms with E-state index in [1.165, 1.54) is 11.9 Å². The minimum Gasteiger partial charge on any atom is -0.478 e. The number of nitrogens with one attached hydrogen (secondary N) is 3. The van der Waals surface area contributed by atoms with Crippen LogP contribution in [0.1, 0.15) is 74.3 Å². The number of benzene rings is 2. The summed E-state index contributed by atoms with van der Waals surface area (Å²) in [4.78, 5) is 82.4. The van der Waals surface area contributed by atoms with Gasteiger partial charge in [0.25, 0.3) is 17.4 Å². The van der Waals surface area contributed by atoms with Crippen molar-refractivity contribution in [3.05, 3.63) is 74.9 Å². The molecule has 10 rings (SSSR count). The van der Waals surface area contributed by atoms with Crippen LogP contribution in [0.5, 0.6) is 5.75 Å². The van der Waals surface area contributed by atoms with Gasteiger partial charge in [0.05, 0.1) is 36.2 Å². The number of amides is 4. The summed E-state index contributed by atoms with van der Waals surface area (Å²) in [5.74, 6) is -0.818. The van der Waals surface area contributed by atoms with Crippen LogP contribution in [0.15, 0.2) is 47.4 Å². The molecule has 18 nitrogen and oxygen atoms in total. The van der Waals surface area contributed by atoms with Crippen molar-refractivity contribution in [3.8, 4) is 5.75 Å². The van der Waals surface area contributed by atoms with Crippen molar-refractivity contribution in [2.75, 3.05) is 81.1 Å². The van der Waals surface area contributed by atoms with Crippen LogP contribution in [-0.4, -0.2) is 149 Å². The maximum atomic E-state index is 15.9. The van der Waals surface area contributed by atoms with Crippen molar-refractivity contribution >= 4 is 69.3 Å². The molecule has 0 bridgehead atoms. The van der Waals surface area contributed by atoms with Gasteiger partial charge in [-0.25, -0.2) is 9.37 Å². The van der Waals surface area contributed by atoms with E-state index in [9.17, 15) is 24.0 Å². The van der Waals surface area contributed by atoms with Crippen LogP contribution in [-0.2, 0) is 25.7 Å². The number of rotatable bonds is 13. The number of likely N-dealkylation sites (N-methyl/N-ethyl adjacent to an activating group) is 1. The number of piperazine rings is 1. The Hall–Kier alpha value is -5.89. The molecule has 20 heteroatoms. The predicted molar refractivity (Wildman–Crippen MR) is 253 cm³/mol. The number of nitrogens with zero attached hydrogens (tertiary/aromatic N) is 8. The molecule has 1 saturated carbocycles. The van der Waals surface area contributed by atoms with Crippen LogP contribution in [0.25, 0.3) is 10.9 Å². The number of aromatic nitrogens is 3. The molecule has 0 spiro atoms. The van der Waals surface area contributed by atoms with Crippen molar-refractivity contribution in [1.29, 1.82) is 0 Å². The van der Waals surface area contributed by atoms with E-state index in [1.807, 2.05) is 36.9 Å². The third kappa shape index (κ3) is 8.96. The van der Waals surface area contributed by atoms with Crippen molar-refractivity contribution in [1.82, 2.24) is 39.9 Å². The molecule has 4 saturated heterocycles. The molecule has 360 valence electrons. The Morgan fingerprint density at radius 3 is 2.37 bits per heavy atom. The molecule has 3 N–H and O–H groups in total. The number of pyridine rings is 1. The summed E-state index contributed by atoms with van der Waals surface area (Å²) in [6, 6.07) is 10.6. The minimum atomic E-state index is -0.772. The zero-order valence-corrected chi connectivity index (χ0v) is 39.3. The number of carbonyl (C=O) groups is 4. The van der Waals surface area contributed by atoms with Gasteiger partial charge < -0.3 is 39.4 Å². The van der Waals surface area contributed by atoms with Crippen LogP contribution in [0.2, 0.25) is 5.02 Å². The smallest absolute Gasteiger partial charge is 0.293 e. The van der Waals surface area contributed by atoms with Gasteiger partial charge in [-0.15, -0.1) is 0 Å². The van der Waals surface area contributed by atoms with E-state index < -0.39 is 17.8 Å². The lowest BCUT2D eigenvalue weighted by molar-refractivity contribution is -0.137. The quantitative estimate of drug-likeness (QED) is 0.164. The second-order valence-electron chi connectivity index (χ2n) is 19.0. The molecule has 2 aromatic heterocycles. The van der Waals surface area contributed by atoms with Crippen molar-refractivity contribution < 1.29 is 33.0 Å². The Bertz CT molecular complexity index is 2690. The van der Waals surface area contributed by atoms with Crippen LogP contribution >= 0.6 is 11.6 Å². The van der Waals surface area contributed by atoms with Gasteiger partial charge in [0.1, 0.15) is 11.1 Å². The van der Waals surface area contributed by atoms with Gasteiger partial charge in [0.2, 0.25) is 17.8 Å². The summed E-state index contributed by atoms with van der Waals surface area (Å²) < 4.78 is 29.8. The highest BCUT2D eigenvalue weighted by atomic mass is 35.5. The number of hydrogen-bond donors (Lipinski definition) is 3. The Balaban J connectivity index is 0.662. The number of anilines is 4. The van der Waals surface area contributed by atoms with E-state index in [-0.39, 0.29) is 78.8 Å². The van der Waals surface area contributed by atoms with Crippen molar-refractivity contribution in [2.24, 2.45) is 0 Å². The molecule has 7 heterocycles. The van der Waals surface area contributed by atoms with Crippen LogP contribution in [0, 0.1) is 5.82 Å². The van der Waals surface area contributed by atoms with E-state index in [0.717, 1.165) is 88.9 Å². The highest BCUT2D eigenvalue weighted by Gasteiger charge is 2.43. The first kappa shape index (κ1) is 45.9. The summed E-state index contributed by atoms with van der Waals surface area (Å²) in [6.45, 7) is 10.5. The second kappa shape index (κ2) is 18.9. The summed E-state index contributed by atoms with van der Waals surface area (Å²) in [6.07, 6.45) is 6.23. The molecular weight excluding hydrogens is 897 g/mol. The fourth-order valence-electron chi connectivity index (χ4n) is 10.6. The zero-order valence-electron chi connectivity index (χ0n) is 38.5. The third-order valence-electron chi connectivity index (χ3n) is 14.5. The lowest BCUT2D eigenvalue weighted by atomic mass is 9.86. The average Bonchev–Trinajstić information content (AvgIpc) is 3.64. The Kier molecular flexibility index (Phi) is 12.7. The maximum Gasteiger partial charge on any atom is 0.293 e. The molecule has 0 radical (unpaired) electrons. The largest absolute Gasteiger partial charge is 0.478 e. The first-order valence-electron chi connectivity index (χ1n) is 23.7. The first-order valence-corrected chi connectivity index (χ1v) is 24.1. The summed E-state index contributed by atoms with van der Waals surface area (Å²) in [5, 5.41) is 9.26. The van der Waals surface area contributed by atoms with Gasteiger partial charge in [-0.1, -0.05) is 11.6 Å². The minimum absolute atomic E-state index is 0.0246. The maximum absolute atomic E-state index is 15.9. The van der Waals surface area contributed by atoms with Crippen LogP contribution in [0.3, 0.4) is 0 Å². The average molecular weight is 955 g/mol. The van der Waals surface area contributed by atoms with Gasteiger partial charge >= 0.3 is 0 Å². The fraction of sp³-hybridized carbons (Fsp3) is 0.521. The predicted octanol–water partition coefficient (Wildman–Crippen LogP) is 3.82. The van der Waals surface area contributed by atoms with Crippen molar-refractivity contribution in [3.63, 3.8) is 0 Å². The number of ether oxygens (including phenoxy) is 2. The van der Waals surface area contributed by atoms with E-state index >= 15 is 4.39 Å². The normalized spacial score (nSPS) is 22.9. The van der Waals surface area contributed by atoms with E-state index in [0.29, 0.717) is 45.8 Å². The van der Waals surface area contributed by atoms with Crippen LogP contribution in [0.4, 0.5) is 27.5 Å². The fourth-order valence-corrected chi connectivity index (χ4v) is 10.7. The lowest BCUT2D eigenvalue weighted by Gasteiger charge is -2.52. The zero-order chi connectivity index (χ0) is 47.4. The molecule has 1 atom stereocenters. The molecule has 68 heavy (non-hydrogen) atoms. The topological polar surface area (TPSA) is 187 Å². The van der Waals surface area contributed by atoms with Gasteiger partial charge in [-0.3, -0.25) is 39.1 Å². The monoisotopic (exact) mass is 953 g/mol. The Labute approximate surface area is 398 Å². The van der Waals surface area contributed by atoms with E-state index in [2.05, 4.69) is 35.6 Å². The number of carbonyl (C=O) groups excluding carboxylic acids is 4. The summed E-state index contributed by atoms with van der Waals surface area (Å²) in [7, 11) is 1.51. The number of piperidine rings is 2. The Morgan fingerprint density at radius 1 is 0.926 bits per heavy atom. The molecular formula is C48H57ClFN11O7. The van der Waals surface area contributed by atoms with Gasteiger partial charge in [0, 0.05) is 106 Å². The molecule has 4 aromatic rings. The molecule has 1 aliphatic carbocycles. The highest BCUT2D eigenvalue weighted by molar-refractivity contribution is 6.33. The van der Waals surface area contributed by atoms with E-state index in [1.54, 1.807) is 29.0 Å². The van der Waals surface area contributed by atoms with Gasteiger partial charge in [-0.2, -0.15) is 4.98 Å². The molecule has 6 aliphatic rings. The van der Waals surface area contributed by atoms with Gasteiger partial charge in [-0.05, 0) is 82.3 Å². The van der Waals surface area contributed by atoms with Crippen LogP contribution < -0.4 is 36.0 Å². The number of halogens is 2. The van der Waals surface area contributed by atoms with E-state index in [4.69, 9.17) is 26.1 Å². The molecule has 4 amide bonds. The van der Waals surface area contributed by atoms with Gasteiger partial charge in [0.15, 0.2) is 24.0 Å². The summed E-state index contributed by atoms with van der Waals surface area (Å²) in [5.41, 5.74) is 2.24. The molecule has 2 aromatic carbocycles. The highest BCUT2D eigenvalue weighted by Crippen LogP contribution is 2.37. The summed E-state index contributed by atoms with van der Waals surface area (Å²) >= 11 is 6.61. The third-order valence-corrected chi connectivity index (χ3v) is 14.8. The Morgan fingerprint density at radius 2 is 1.66 bits per heavy atom. The SMILES string of the molecule is CNC(=O)COc1cc2cc(Nc3nc(N4CCC(O[C@H]5C[C@H](N6CCN(C7CN(c8ccc9c(c8F)CN(C8CCC(=O)NC8=O)C9=O)C7)CC6)C5)CC4)ncc3Cl)ccc2n(C(C)C)c1=O. The standard InChI is InChI=1S/C48H57ClFN11O7/c1-27(2)61-37-6-4-29(18-28(37)19-40(47(61)66)67-26-42(63)51-3)53-44-36(49)22-52-48(55-44)58-12-10-32(11-13-58)68-33-20-30(21-33)56-14-16-57(17-15-56)31-23-59(24-31)38-7-5-34-35(43(38)50)25-60(46(34)65)39-8-9-41(62)54-45(39)64/h4-7,18-19,22,27,30-33,39H,8-17,20-21,23-26H2,1-3H3,(H,51,63)(H,52,53,55)(H,54,62,64)/t30-,33-,39?. The van der Waals surface area contributed by atoms with Crippen molar-refractivity contribution in [2.45, 2.75) is 95.3 Å². The number of hydrogen-bond acceptors (Lipinski definition) is 14.